The predicted octanol–water partition coefficient (Wildman–Crippen LogP) is 9.58. The van der Waals surface area contributed by atoms with Crippen LogP contribution >= 0.6 is 0 Å². The van der Waals surface area contributed by atoms with Gasteiger partial charge >= 0.3 is 12.1 Å². The van der Waals surface area contributed by atoms with Gasteiger partial charge in [-0.05, 0) is 38.5 Å². The van der Waals surface area contributed by atoms with Crippen LogP contribution in [-0.2, 0) is 14.3 Å². The second kappa shape index (κ2) is 32.0. The van der Waals surface area contributed by atoms with Crippen molar-refractivity contribution in [3.8, 4) is 0 Å². The van der Waals surface area contributed by atoms with Crippen molar-refractivity contribution in [2.75, 3.05) is 19.8 Å². The molecule has 1 atom stereocenters. The highest BCUT2D eigenvalue weighted by atomic mass is 16.6. The summed E-state index contributed by atoms with van der Waals surface area (Å²) in [4.78, 5) is 24.1. The molecule has 0 radical (unpaired) electrons. The summed E-state index contributed by atoms with van der Waals surface area (Å²) < 4.78 is 10.4. The molecule has 0 fully saturated rings. The van der Waals surface area contributed by atoms with E-state index in [1.807, 2.05) is 0 Å². The Kier molecular flexibility index (Phi) is 30.7. The van der Waals surface area contributed by atoms with Crippen molar-refractivity contribution in [1.29, 1.82) is 0 Å². The number of rotatable bonds is 30. The lowest BCUT2D eigenvalue weighted by atomic mass is 10.1. The first-order valence-electron chi connectivity index (χ1n) is 17.0. The van der Waals surface area contributed by atoms with Crippen LogP contribution in [0.2, 0.25) is 0 Å². The molecule has 0 bridgehead atoms. The number of aliphatic hydroxyl groups is 1. The summed E-state index contributed by atoms with van der Waals surface area (Å²) in [6.45, 7) is 4.63. The average Bonchev–Trinajstić information content (AvgIpc) is 2.96. The second-order valence-electron chi connectivity index (χ2n) is 11.3. The Morgan fingerprint density at radius 2 is 0.950 bits per heavy atom. The molecule has 0 saturated carbocycles. The quantitative estimate of drug-likeness (QED) is 0.0513. The molecule has 40 heavy (non-hydrogen) atoms. The number of esters is 1. The highest BCUT2D eigenvalue weighted by Gasteiger charge is 2.22. The number of allylic oxidation sites excluding steroid dienone is 2. The highest BCUT2D eigenvalue weighted by Crippen LogP contribution is 2.11. The lowest BCUT2D eigenvalue weighted by Gasteiger charge is -2.15. The third kappa shape index (κ3) is 28.0. The first-order valence-corrected chi connectivity index (χ1v) is 17.0. The van der Waals surface area contributed by atoms with E-state index in [1.165, 1.54) is 116 Å². The van der Waals surface area contributed by atoms with Crippen LogP contribution in [0.25, 0.3) is 0 Å². The number of carbonyl (C=O) groups excluding carboxylic acids is 2. The Bertz CT molecular complexity index is 581. The summed E-state index contributed by atoms with van der Waals surface area (Å²) >= 11 is 0. The monoisotopic (exact) mass is 567 g/mol. The topological polar surface area (TPSA) is 84.9 Å². The third-order valence-corrected chi connectivity index (χ3v) is 7.39. The molecule has 2 N–H and O–H groups in total. The lowest BCUT2D eigenvalue weighted by molar-refractivity contribution is -0.147. The third-order valence-electron chi connectivity index (χ3n) is 7.39. The zero-order valence-electron chi connectivity index (χ0n) is 26.4. The zero-order chi connectivity index (χ0) is 29.4. The van der Waals surface area contributed by atoms with Crippen LogP contribution in [0.5, 0.6) is 0 Å². The Labute approximate surface area is 247 Å². The van der Waals surface area contributed by atoms with E-state index in [4.69, 9.17) is 9.47 Å². The molecule has 0 aromatic carbocycles. The van der Waals surface area contributed by atoms with Gasteiger partial charge in [0.2, 0.25) is 0 Å². The van der Waals surface area contributed by atoms with Crippen molar-refractivity contribution in [2.24, 2.45) is 0 Å². The van der Waals surface area contributed by atoms with E-state index in [0.29, 0.717) is 13.2 Å². The molecule has 0 spiro atoms. The molecule has 6 heteroatoms. The number of alkyl carbamates (subject to hydrolysis) is 1. The van der Waals surface area contributed by atoms with Gasteiger partial charge in [-0.25, -0.2) is 9.59 Å². The number of unbranched alkanes of at least 4 members (excludes halogenated alkanes) is 21. The molecule has 0 aromatic rings. The molecular weight excluding hydrogens is 502 g/mol. The normalized spacial score (nSPS) is 12.1. The highest BCUT2D eigenvalue weighted by molar-refractivity contribution is 5.81. The van der Waals surface area contributed by atoms with Gasteiger partial charge in [0.15, 0.2) is 6.04 Å². The summed E-state index contributed by atoms with van der Waals surface area (Å²) in [5, 5.41) is 11.9. The standard InChI is InChI=1S/C34H65NO5/c1-3-5-7-9-11-13-15-16-17-18-19-20-22-24-26-28-30-40-34(38)35-32(31-36)33(37)39-29-27-25-23-21-14-12-10-8-6-4-2/h16-17,32,36H,3-15,18-31H2,1-2H3,(H,35,38). The number of amides is 1. The van der Waals surface area contributed by atoms with E-state index in [1.54, 1.807) is 0 Å². The molecule has 1 unspecified atom stereocenters. The number of ether oxygens (including phenoxy) is 2. The summed E-state index contributed by atoms with van der Waals surface area (Å²) in [6.07, 6.45) is 33.3. The fourth-order valence-corrected chi connectivity index (χ4v) is 4.74. The first kappa shape index (κ1) is 38.4. The Hall–Kier alpha value is -1.56. The van der Waals surface area contributed by atoms with Crippen molar-refractivity contribution in [2.45, 2.75) is 174 Å². The molecule has 0 aliphatic carbocycles. The first-order chi connectivity index (χ1) is 19.7. The summed E-state index contributed by atoms with van der Waals surface area (Å²) in [5.74, 6) is -0.604. The van der Waals surface area contributed by atoms with Crippen LogP contribution in [0.1, 0.15) is 168 Å². The number of hydrogen-bond donors (Lipinski definition) is 2. The Morgan fingerprint density at radius 1 is 0.575 bits per heavy atom. The maximum absolute atomic E-state index is 12.1. The largest absolute Gasteiger partial charge is 0.464 e. The van der Waals surface area contributed by atoms with Crippen LogP contribution in [0.3, 0.4) is 0 Å². The van der Waals surface area contributed by atoms with Gasteiger partial charge < -0.3 is 19.9 Å². The van der Waals surface area contributed by atoms with E-state index < -0.39 is 24.7 Å². The molecule has 0 aliphatic rings. The van der Waals surface area contributed by atoms with E-state index >= 15 is 0 Å². The molecular formula is C34H65NO5. The van der Waals surface area contributed by atoms with Gasteiger partial charge in [0, 0.05) is 0 Å². The van der Waals surface area contributed by atoms with Gasteiger partial charge in [-0.1, -0.05) is 142 Å². The van der Waals surface area contributed by atoms with Crippen LogP contribution in [0.15, 0.2) is 12.2 Å². The van der Waals surface area contributed by atoms with Crippen LogP contribution in [0.4, 0.5) is 4.79 Å². The number of nitrogens with one attached hydrogen (secondary N) is 1. The van der Waals surface area contributed by atoms with Crippen molar-refractivity contribution in [3.63, 3.8) is 0 Å². The fraction of sp³-hybridized carbons (Fsp3) is 0.882. The van der Waals surface area contributed by atoms with Gasteiger partial charge in [0.25, 0.3) is 0 Å². The van der Waals surface area contributed by atoms with Crippen molar-refractivity contribution in [3.05, 3.63) is 12.2 Å². The molecule has 6 nitrogen and oxygen atoms in total. The van der Waals surface area contributed by atoms with Gasteiger partial charge in [0.1, 0.15) is 0 Å². The van der Waals surface area contributed by atoms with Gasteiger partial charge in [-0.2, -0.15) is 0 Å². The SMILES string of the molecule is CCCCCCCCC=CCCCCCCCCOC(=O)NC(CO)C(=O)OCCCCCCCCCCCC. The molecule has 0 aromatic heterocycles. The average molecular weight is 568 g/mol. The smallest absolute Gasteiger partial charge is 0.407 e. The lowest BCUT2D eigenvalue weighted by Crippen LogP contribution is -2.44. The zero-order valence-corrected chi connectivity index (χ0v) is 26.4. The number of aliphatic hydroxyl groups excluding tert-OH is 1. The van der Waals surface area contributed by atoms with E-state index in [9.17, 15) is 14.7 Å². The molecule has 0 heterocycles. The van der Waals surface area contributed by atoms with Crippen LogP contribution in [-0.4, -0.2) is 43.0 Å². The minimum atomic E-state index is -1.07. The van der Waals surface area contributed by atoms with Gasteiger partial charge in [0.05, 0.1) is 19.8 Å². The van der Waals surface area contributed by atoms with Crippen molar-refractivity contribution in [1.82, 2.24) is 5.32 Å². The predicted molar refractivity (Wildman–Crippen MR) is 168 cm³/mol. The number of hydrogen-bond acceptors (Lipinski definition) is 5. The number of carbonyl (C=O) groups is 2. The second-order valence-corrected chi connectivity index (χ2v) is 11.3. The molecule has 0 rings (SSSR count). The fourth-order valence-electron chi connectivity index (χ4n) is 4.74. The molecule has 0 aliphatic heterocycles. The van der Waals surface area contributed by atoms with Crippen LogP contribution in [0, 0.1) is 0 Å². The summed E-state index contributed by atoms with van der Waals surface area (Å²) in [5.41, 5.74) is 0. The van der Waals surface area contributed by atoms with Gasteiger partial charge in [-0.15, -0.1) is 0 Å². The minimum Gasteiger partial charge on any atom is -0.464 e. The molecule has 0 saturated heterocycles. The van der Waals surface area contributed by atoms with E-state index in [2.05, 4.69) is 31.3 Å². The summed E-state index contributed by atoms with van der Waals surface area (Å²) in [7, 11) is 0. The minimum absolute atomic E-state index is 0.318. The van der Waals surface area contributed by atoms with Crippen molar-refractivity contribution < 1.29 is 24.2 Å². The summed E-state index contributed by atoms with van der Waals surface area (Å²) in [6, 6.07) is -1.07. The van der Waals surface area contributed by atoms with Crippen molar-refractivity contribution >= 4 is 12.1 Å². The Balaban J connectivity index is 3.56. The molecule has 236 valence electrons. The van der Waals surface area contributed by atoms with E-state index in [-0.39, 0.29) is 0 Å². The Morgan fingerprint density at radius 3 is 1.38 bits per heavy atom. The van der Waals surface area contributed by atoms with Gasteiger partial charge in [-0.3, -0.25) is 0 Å². The molecule has 1 amide bonds. The van der Waals surface area contributed by atoms with Crippen LogP contribution < -0.4 is 5.32 Å². The van der Waals surface area contributed by atoms with E-state index in [0.717, 1.165) is 38.5 Å². The maximum atomic E-state index is 12.1. The maximum Gasteiger partial charge on any atom is 0.407 e.